The van der Waals surface area contributed by atoms with Gasteiger partial charge in [0.2, 0.25) is 0 Å². The number of aryl methyl sites for hydroxylation is 1. The second-order valence-electron chi connectivity index (χ2n) is 6.74. The highest BCUT2D eigenvalue weighted by atomic mass is 16.5. The number of carbonyl (C=O) groups excluding carboxylic acids is 1. The number of aromatic amines is 1. The average Bonchev–Trinajstić information content (AvgIpc) is 3.16. The van der Waals surface area contributed by atoms with Gasteiger partial charge in [0, 0.05) is 43.4 Å². The van der Waals surface area contributed by atoms with Crippen LogP contribution >= 0.6 is 0 Å². The molecule has 0 atom stereocenters. The van der Waals surface area contributed by atoms with Crippen molar-refractivity contribution in [1.29, 1.82) is 0 Å². The smallest absolute Gasteiger partial charge is 0.321 e. The Hall–Kier alpha value is -3.42. The minimum absolute atomic E-state index is 0.0960. The first-order valence-corrected chi connectivity index (χ1v) is 9.29. The number of nitrogens with one attached hydrogen (secondary N) is 2. The third kappa shape index (κ3) is 4.28. The number of likely N-dealkylation sites (tertiary alicyclic amines) is 1. The first kappa shape index (κ1) is 18.0. The summed E-state index contributed by atoms with van der Waals surface area (Å²) in [6.07, 6.45) is 5.13. The van der Waals surface area contributed by atoms with Crippen molar-refractivity contribution in [3.05, 3.63) is 54.6 Å². The normalized spacial score (nSPS) is 14.7. The minimum Gasteiger partial charge on any atom is -0.489 e. The second-order valence-corrected chi connectivity index (χ2v) is 6.74. The summed E-state index contributed by atoms with van der Waals surface area (Å²) in [4.78, 5) is 22.7. The second kappa shape index (κ2) is 8.08. The highest BCUT2D eigenvalue weighted by Crippen LogP contribution is 2.20. The van der Waals surface area contributed by atoms with Crippen LogP contribution in [0.15, 0.2) is 48.8 Å². The maximum absolute atomic E-state index is 12.5. The number of anilines is 1. The fourth-order valence-corrected chi connectivity index (χ4v) is 3.16. The van der Waals surface area contributed by atoms with Gasteiger partial charge in [0.25, 0.3) is 0 Å². The first-order chi connectivity index (χ1) is 13.7. The molecule has 3 aromatic rings. The van der Waals surface area contributed by atoms with E-state index >= 15 is 0 Å². The Bertz CT molecular complexity index is 917. The maximum Gasteiger partial charge on any atom is 0.321 e. The van der Waals surface area contributed by atoms with E-state index < -0.39 is 0 Å². The van der Waals surface area contributed by atoms with Crippen molar-refractivity contribution in [3.8, 4) is 17.1 Å². The summed E-state index contributed by atoms with van der Waals surface area (Å²) in [5, 5.41) is 9.91. The first-order valence-electron chi connectivity index (χ1n) is 9.29. The van der Waals surface area contributed by atoms with E-state index in [4.69, 9.17) is 4.74 Å². The van der Waals surface area contributed by atoms with Crippen LogP contribution in [0.2, 0.25) is 0 Å². The Morgan fingerprint density at radius 3 is 2.64 bits per heavy atom. The largest absolute Gasteiger partial charge is 0.489 e. The number of pyridine rings is 1. The van der Waals surface area contributed by atoms with Crippen LogP contribution in [0.3, 0.4) is 0 Å². The lowest BCUT2D eigenvalue weighted by atomic mass is 10.1. The summed E-state index contributed by atoms with van der Waals surface area (Å²) in [7, 11) is 0. The molecule has 0 unspecified atom stereocenters. The van der Waals surface area contributed by atoms with E-state index in [1.54, 1.807) is 12.4 Å². The Labute approximate surface area is 163 Å². The standard InChI is InChI=1S/C20H22N6O2/c1-14-22-19(25-24-14)15-4-6-16(7-5-15)23-20(27)26-11-8-17(9-12-26)28-18-3-2-10-21-13-18/h2-7,10,13,17H,8-9,11-12H2,1H3,(H,23,27)(H,22,24,25). The van der Waals surface area contributed by atoms with Gasteiger partial charge in [-0.1, -0.05) is 0 Å². The molecule has 1 aliphatic heterocycles. The highest BCUT2D eigenvalue weighted by molar-refractivity contribution is 5.89. The van der Waals surface area contributed by atoms with Gasteiger partial charge < -0.3 is 15.0 Å². The minimum atomic E-state index is -0.0960. The van der Waals surface area contributed by atoms with Crippen LogP contribution in [-0.2, 0) is 0 Å². The Morgan fingerprint density at radius 1 is 1.21 bits per heavy atom. The number of hydrogen-bond donors (Lipinski definition) is 2. The van der Waals surface area contributed by atoms with E-state index in [1.807, 2.05) is 48.2 Å². The van der Waals surface area contributed by atoms with Crippen molar-refractivity contribution in [2.75, 3.05) is 18.4 Å². The average molecular weight is 378 g/mol. The molecule has 144 valence electrons. The fourth-order valence-electron chi connectivity index (χ4n) is 3.16. The van der Waals surface area contributed by atoms with Crippen molar-refractivity contribution in [2.24, 2.45) is 0 Å². The van der Waals surface area contributed by atoms with Crippen molar-refractivity contribution < 1.29 is 9.53 Å². The quantitative estimate of drug-likeness (QED) is 0.726. The third-order valence-electron chi connectivity index (χ3n) is 4.66. The molecule has 3 heterocycles. The highest BCUT2D eigenvalue weighted by Gasteiger charge is 2.24. The topological polar surface area (TPSA) is 96.0 Å². The molecule has 0 aliphatic carbocycles. The molecule has 1 aliphatic rings. The molecule has 1 aromatic carbocycles. The van der Waals surface area contributed by atoms with Crippen LogP contribution in [0.1, 0.15) is 18.7 Å². The van der Waals surface area contributed by atoms with Crippen molar-refractivity contribution in [3.63, 3.8) is 0 Å². The Balaban J connectivity index is 1.28. The van der Waals surface area contributed by atoms with Crippen LogP contribution in [0.4, 0.5) is 10.5 Å². The number of aromatic nitrogens is 4. The number of hydrogen-bond acceptors (Lipinski definition) is 5. The number of amides is 2. The number of carbonyl (C=O) groups is 1. The van der Waals surface area contributed by atoms with Crippen molar-refractivity contribution >= 4 is 11.7 Å². The number of H-pyrrole nitrogens is 1. The predicted molar refractivity (Wildman–Crippen MR) is 105 cm³/mol. The summed E-state index contributed by atoms with van der Waals surface area (Å²) in [6.45, 7) is 3.17. The van der Waals surface area contributed by atoms with Gasteiger partial charge in [0.1, 0.15) is 17.7 Å². The molecule has 28 heavy (non-hydrogen) atoms. The number of nitrogens with zero attached hydrogens (tertiary/aromatic N) is 4. The van der Waals surface area contributed by atoms with Gasteiger partial charge in [-0.3, -0.25) is 10.1 Å². The molecule has 0 radical (unpaired) electrons. The zero-order chi connectivity index (χ0) is 19.3. The molecule has 0 saturated carbocycles. The molecule has 1 fully saturated rings. The maximum atomic E-state index is 12.5. The molecule has 4 rings (SSSR count). The van der Waals surface area contributed by atoms with E-state index in [2.05, 4.69) is 25.5 Å². The van der Waals surface area contributed by atoms with Gasteiger partial charge >= 0.3 is 6.03 Å². The molecule has 0 bridgehead atoms. The van der Waals surface area contributed by atoms with E-state index in [1.165, 1.54) is 0 Å². The number of urea groups is 1. The van der Waals surface area contributed by atoms with Crippen LogP contribution in [-0.4, -0.2) is 50.3 Å². The summed E-state index contributed by atoms with van der Waals surface area (Å²) >= 11 is 0. The van der Waals surface area contributed by atoms with Gasteiger partial charge in [0.05, 0.1) is 6.20 Å². The lowest BCUT2D eigenvalue weighted by Crippen LogP contribution is -2.43. The van der Waals surface area contributed by atoms with E-state index in [-0.39, 0.29) is 12.1 Å². The van der Waals surface area contributed by atoms with Crippen LogP contribution < -0.4 is 10.1 Å². The molecule has 2 aromatic heterocycles. The number of rotatable bonds is 4. The SMILES string of the molecule is Cc1nc(-c2ccc(NC(=O)N3CCC(Oc4cccnc4)CC3)cc2)n[nH]1. The van der Waals surface area contributed by atoms with E-state index in [9.17, 15) is 4.79 Å². The summed E-state index contributed by atoms with van der Waals surface area (Å²) in [6, 6.07) is 11.2. The van der Waals surface area contributed by atoms with Crippen molar-refractivity contribution in [2.45, 2.75) is 25.9 Å². The number of benzene rings is 1. The van der Waals surface area contributed by atoms with Crippen molar-refractivity contribution in [1.82, 2.24) is 25.1 Å². The fraction of sp³-hybridized carbons (Fsp3) is 0.300. The molecular formula is C20H22N6O2. The Kier molecular flexibility index (Phi) is 5.18. The summed E-state index contributed by atoms with van der Waals surface area (Å²) in [5.41, 5.74) is 1.64. The van der Waals surface area contributed by atoms with Gasteiger partial charge in [0.15, 0.2) is 5.82 Å². The van der Waals surface area contributed by atoms with Gasteiger partial charge in [-0.25, -0.2) is 9.78 Å². The number of piperidine rings is 1. The lowest BCUT2D eigenvalue weighted by Gasteiger charge is -2.32. The summed E-state index contributed by atoms with van der Waals surface area (Å²) in [5.74, 6) is 2.18. The third-order valence-corrected chi connectivity index (χ3v) is 4.66. The monoisotopic (exact) mass is 378 g/mol. The van der Waals surface area contributed by atoms with Crippen LogP contribution in [0.5, 0.6) is 5.75 Å². The molecule has 2 amide bonds. The van der Waals surface area contributed by atoms with E-state index in [0.717, 1.165) is 35.7 Å². The molecule has 1 saturated heterocycles. The molecular weight excluding hydrogens is 356 g/mol. The zero-order valence-electron chi connectivity index (χ0n) is 15.6. The lowest BCUT2D eigenvalue weighted by molar-refractivity contribution is 0.115. The van der Waals surface area contributed by atoms with Gasteiger partial charge in [-0.05, 0) is 43.3 Å². The molecule has 8 heteroatoms. The van der Waals surface area contributed by atoms with Gasteiger partial charge in [-0.15, -0.1) is 0 Å². The number of ether oxygens (including phenoxy) is 1. The molecule has 2 N–H and O–H groups in total. The van der Waals surface area contributed by atoms with Crippen LogP contribution in [0, 0.1) is 6.92 Å². The molecule has 0 spiro atoms. The zero-order valence-corrected chi connectivity index (χ0v) is 15.6. The molecule has 8 nitrogen and oxygen atoms in total. The predicted octanol–water partition coefficient (Wildman–Crippen LogP) is 3.25. The van der Waals surface area contributed by atoms with Gasteiger partial charge in [-0.2, -0.15) is 5.10 Å². The summed E-state index contributed by atoms with van der Waals surface area (Å²) < 4.78 is 5.92. The Morgan fingerprint density at radius 2 is 2.00 bits per heavy atom. The van der Waals surface area contributed by atoms with Crippen LogP contribution in [0.25, 0.3) is 11.4 Å². The van der Waals surface area contributed by atoms with E-state index in [0.29, 0.717) is 18.9 Å².